The lowest BCUT2D eigenvalue weighted by molar-refractivity contribution is 0.601. The first-order chi connectivity index (χ1) is 17.8. The lowest BCUT2D eigenvalue weighted by Crippen LogP contribution is -2.13. The SMILES string of the molecule is Cc1ccc(Nc2nc(C)cc(Nc3ccc(NS(=O)(=O)c4ccc(-n5cccn5)cc4)cc3)n2)cc1. The molecule has 10 heteroatoms. The highest BCUT2D eigenvalue weighted by Crippen LogP contribution is 2.23. The number of benzene rings is 3. The Labute approximate surface area is 215 Å². The van der Waals surface area contributed by atoms with E-state index in [2.05, 4.69) is 30.4 Å². The van der Waals surface area contributed by atoms with Crippen LogP contribution >= 0.6 is 0 Å². The average molecular weight is 512 g/mol. The number of aromatic nitrogens is 4. The second-order valence-corrected chi connectivity index (χ2v) is 10.1. The average Bonchev–Trinajstić information content (AvgIpc) is 3.42. The summed E-state index contributed by atoms with van der Waals surface area (Å²) >= 11 is 0. The monoisotopic (exact) mass is 511 g/mol. The summed E-state index contributed by atoms with van der Waals surface area (Å²) < 4.78 is 30.0. The summed E-state index contributed by atoms with van der Waals surface area (Å²) in [7, 11) is -3.74. The lowest BCUT2D eigenvalue weighted by Gasteiger charge is -2.12. The molecular weight excluding hydrogens is 486 g/mol. The van der Waals surface area contributed by atoms with Crippen molar-refractivity contribution in [1.29, 1.82) is 0 Å². The zero-order valence-electron chi connectivity index (χ0n) is 20.3. The van der Waals surface area contributed by atoms with Gasteiger partial charge in [-0.1, -0.05) is 17.7 Å². The topological polar surface area (TPSA) is 114 Å². The van der Waals surface area contributed by atoms with Crippen LogP contribution in [0.3, 0.4) is 0 Å². The van der Waals surface area contributed by atoms with E-state index >= 15 is 0 Å². The van der Waals surface area contributed by atoms with Crippen LogP contribution < -0.4 is 15.4 Å². The Hall–Kier alpha value is -4.70. The van der Waals surface area contributed by atoms with Gasteiger partial charge in [0.2, 0.25) is 5.95 Å². The van der Waals surface area contributed by atoms with Gasteiger partial charge in [0.25, 0.3) is 10.0 Å². The molecule has 2 heterocycles. The fraction of sp³-hybridized carbons (Fsp3) is 0.0741. The molecule has 0 unspecified atom stereocenters. The summed E-state index contributed by atoms with van der Waals surface area (Å²) in [5, 5.41) is 10.6. The van der Waals surface area contributed by atoms with Gasteiger partial charge in [-0.2, -0.15) is 10.1 Å². The second-order valence-electron chi connectivity index (χ2n) is 8.46. The number of hydrogen-bond acceptors (Lipinski definition) is 7. The van der Waals surface area contributed by atoms with E-state index in [0.717, 1.165) is 22.8 Å². The molecule has 0 radical (unpaired) electrons. The summed E-state index contributed by atoms with van der Waals surface area (Å²) in [4.78, 5) is 9.16. The summed E-state index contributed by atoms with van der Waals surface area (Å²) in [6, 6.07) is 25.1. The number of aryl methyl sites for hydroxylation is 2. The first-order valence-corrected chi connectivity index (χ1v) is 13.0. The van der Waals surface area contributed by atoms with Gasteiger partial charge in [0.05, 0.1) is 10.6 Å². The van der Waals surface area contributed by atoms with Gasteiger partial charge < -0.3 is 10.6 Å². The third kappa shape index (κ3) is 5.93. The Kier molecular flexibility index (Phi) is 6.57. The molecule has 0 aliphatic rings. The molecule has 0 saturated carbocycles. The Balaban J connectivity index is 1.26. The van der Waals surface area contributed by atoms with Crippen molar-refractivity contribution in [1.82, 2.24) is 19.7 Å². The van der Waals surface area contributed by atoms with Crippen LogP contribution in [0.1, 0.15) is 11.3 Å². The van der Waals surface area contributed by atoms with Gasteiger partial charge in [0.15, 0.2) is 0 Å². The van der Waals surface area contributed by atoms with E-state index in [1.165, 1.54) is 5.56 Å². The first-order valence-electron chi connectivity index (χ1n) is 11.5. The van der Waals surface area contributed by atoms with Crippen LogP contribution in [0.4, 0.5) is 28.8 Å². The molecule has 0 aliphatic heterocycles. The van der Waals surface area contributed by atoms with Crippen molar-refractivity contribution in [3.8, 4) is 5.69 Å². The van der Waals surface area contributed by atoms with E-state index in [9.17, 15) is 8.42 Å². The van der Waals surface area contributed by atoms with Crippen molar-refractivity contribution in [2.24, 2.45) is 0 Å². The second kappa shape index (κ2) is 10.1. The lowest BCUT2D eigenvalue weighted by atomic mass is 10.2. The summed E-state index contributed by atoms with van der Waals surface area (Å²) in [6.45, 7) is 3.93. The van der Waals surface area contributed by atoms with Crippen LogP contribution in [0.5, 0.6) is 0 Å². The van der Waals surface area contributed by atoms with E-state index in [1.807, 2.05) is 44.2 Å². The third-order valence-corrected chi connectivity index (χ3v) is 6.88. The molecule has 3 N–H and O–H groups in total. The van der Waals surface area contributed by atoms with Gasteiger partial charge in [-0.3, -0.25) is 4.72 Å². The molecule has 5 aromatic rings. The maximum absolute atomic E-state index is 12.8. The van der Waals surface area contributed by atoms with Crippen LogP contribution in [0.2, 0.25) is 0 Å². The molecule has 0 fully saturated rings. The number of anilines is 5. The highest BCUT2D eigenvalue weighted by molar-refractivity contribution is 7.92. The highest BCUT2D eigenvalue weighted by Gasteiger charge is 2.14. The van der Waals surface area contributed by atoms with Crippen molar-refractivity contribution in [2.75, 3.05) is 15.4 Å². The Morgan fingerprint density at radius 2 is 1.41 bits per heavy atom. The number of sulfonamides is 1. The van der Waals surface area contributed by atoms with Gasteiger partial charge in [-0.05, 0) is 80.6 Å². The van der Waals surface area contributed by atoms with Crippen LogP contribution in [0.25, 0.3) is 5.69 Å². The van der Waals surface area contributed by atoms with Crippen LogP contribution in [0, 0.1) is 13.8 Å². The van der Waals surface area contributed by atoms with Crippen LogP contribution in [-0.4, -0.2) is 28.2 Å². The molecular formula is C27H25N7O2S. The smallest absolute Gasteiger partial charge is 0.261 e. The standard InChI is InChI=1S/C27H25N7O2S/c1-19-4-6-22(7-5-19)31-27-29-20(2)18-26(32-27)30-21-8-10-23(11-9-21)33-37(35,36)25-14-12-24(13-15-25)34-17-3-16-28-34/h3-18,33H,1-2H3,(H2,29,30,31,32). The van der Waals surface area contributed by atoms with E-state index in [0.29, 0.717) is 17.5 Å². The highest BCUT2D eigenvalue weighted by atomic mass is 32.2. The number of hydrogen-bond donors (Lipinski definition) is 3. The molecule has 0 amide bonds. The number of nitrogens with zero attached hydrogens (tertiary/aromatic N) is 4. The van der Waals surface area contributed by atoms with Crippen molar-refractivity contribution < 1.29 is 8.42 Å². The maximum Gasteiger partial charge on any atom is 0.261 e. The van der Waals surface area contributed by atoms with Crippen LogP contribution in [0.15, 0.2) is 102 Å². The van der Waals surface area contributed by atoms with Gasteiger partial charge in [-0.15, -0.1) is 0 Å². The van der Waals surface area contributed by atoms with Gasteiger partial charge in [-0.25, -0.2) is 18.1 Å². The summed E-state index contributed by atoms with van der Waals surface area (Å²) in [5.41, 5.74) is 4.85. The Morgan fingerprint density at radius 3 is 2.08 bits per heavy atom. The summed E-state index contributed by atoms with van der Waals surface area (Å²) in [5.74, 6) is 1.10. The fourth-order valence-electron chi connectivity index (χ4n) is 3.64. The molecule has 37 heavy (non-hydrogen) atoms. The Bertz CT molecular complexity index is 1600. The minimum atomic E-state index is -3.74. The minimum Gasteiger partial charge on any atom is -0.340 e. The third-order valence-electron chi connectivity index (χ3n) is 5.49. The van der Waals surface area contributed by atoms with E-state index in [1.54, 1.807) is 71.7 Å². The normalized spacial score (nSPS) is 11.2. The Morgan fingerprint density at radius 1 is 0.757 bits per heavy atom. The number of nitrogens with one attached hydrogen (secondary N) is 3. The molecule has 0 saturated heterocycles. The molecule has 9 nitrogen and oxygen atoms in total. The number of rotatable bonds is 8. The van der Waals surface area contributed by atoms with Gasteiger partial charge in [0, 0.05) is 41.2 Å². The molecule has 3 aromatic carbocycles. The predicted octanol–water partition coefficient (Wildman–Crippen LogP) is 5.57. The van der Waals surface area contributed by atoms with Crippen LogP contribution in [-0.2, 0) is 10.0 Å². The molecule has 2 aromatic heterocycles. The molecule has 0 aliphatic carbocycles. The van der Waals surface area contributed by atoms with Crippen molar-refractivity contribution >= 4 is 38.9 Å². The largest absolute Gasteiger partial charge is 0.340 e. The van der Waals surface area contributed by atoms with Crippen molar-refractivity contribution in [3.63, 3.8) is 0 Å². The van der Waals surface area contributed by atoms with Gasteiger partial charge >= 0.3 is 0 Å². The molecule has 186 valence electrons. The zero-order chi connectivity index (χ0) is 25.8. The van der Waals surface area contributed by atoms with E-state index < -0.39 is 10.0 Å². The first kappa shape index (κ1) is 24.0. The molecule has 0 atom stereocenters. The van der Waals surface area contributed by atoms with Crippen molar-refractivity contribution in [3.05, 3.63) is 109 Å². The van der Waals surface area contributed by atoms with Gasteiger partial charge in [0.1, 0.15) is 5.82 Å². The molecule has 0 spiro atoms. The van der Waals surface area contributed by atoms with Crippen molar-refractivity contribution in [2.45, 2.75) is 18.7 Å². The quantitative estimate of drug-likeness (QED) is 0.250. The minimum absolute atomic E-state index is 0.163. The fourth-order valence-corrected chi connectivity index (χ4v) is 4.70. The molecule has 0 bridgehead atoms. The molecule has 5 rings (SSSR count). The zero-order valence-corrected chi connectivity index (χ0v) is 21.1. The maximum atomic E-state index is 12.8. The predicted molar refractivity (Wildman–Crippen MR) is 145 cm³/mol. The summed E-state index contributed by atoms with van der Waals surface area (Å²) in [6.07, 6.45) is 3.46. The van der Waals surface area contributed by atoms with E-state index in [-0.39, 0.29) is 4.90 Å². The van der Waals surface area contributed by atoms with E-state index in [4.69, 9.17) is 0 Å².